The zero-order valence-corrected chi connectivity index (χ0v) is 7.65. The molecule has 0 saturated carbocycles. The number of halogens is 6. The monoisotopic (exact) mass is 230 g/mol. The predicted molar refractivity (Wildman–Crippen MR) is 40.8 cm³/mol. The van der Waals surface area contributed by atoms with E-state index < -0.39 is 16.1 Å². The molecule has 0 bridgehead atoms. The van der Waals surface area contributed by atoms with Gasteiger partial charge in [0.25, 0.3) is 0 Å². The summed E-state index contributed by atoms with van der Waals surface area (Å²) in [6.45, 7) is 0. The molecule has 3 atom stereocenters. The third-order valence-electron chi connectivity index (χ3n) is 0.844. The Labute approximate surface area is 77.4 Å². The quantitative estimate of drug-likeness (QED) is 0.655. The van der Waals surface area contributed by atoms with Crippen LogP contribution in [0.15, 0.2) is 0 Å². The normalized spacial score (nSPS) is 23.4. The first-order valence-corrected chi connectivity index (χ1v) is 4.07. The number of hydrogen-bond acceptors (Lipinski definition) is 0. The van der Waals surface area contributed by atoms with Gasteiger partial charge in [0.15, 0.2) is 0 Å². The van der Waals surface area contributed by atoms with Crippen molar-refractivity contribution in [2.24, 2.45) is 0 Å². The van der Waals surface area contributed by atoms with Crippen LogP contribution in [0.3, 0.4) is 0 Å². The SMILES string of the molecule is FC(Cl)C(F)(Cl)C(Cl)CCl. The summed E-state index contributed by atoms with van der Waals surface area (Å²) in [5.74, 6) is -0.297. The Bertz CT molecular complexity index is 105. The van der Waals surface area contributed by atoms with Crippen molar-refractivity contribution in [3.8, 4) is 0 Å². The zero-order valence-electron chi connectivity index (χ0n) is 4.63. The molecule has 0 radical (unpaired) electrons. The highest BCUT2D eigenvalue weighted by atomic mass is 35.5. The molecule has 3 unspecified atom stereocenters. The van der Waals surface area contributed by atoms with Gasteiger partial charge in [-0.05, 0) is 0 Å². The molecule has 0 aromatic rings. The molecule has 62 valence electrons. The molecule has 6 heteroatoms. The Hall–Kier alpha value is 1.02. The van der Waals surface area contributed by atoms with Gasteiger partial charge in [-0.2, -0.15) is 0 Å². The zero-order chi connectivity index (χ0) is 8.36. The average Bonchev–Trinajstić information content (AvgIpc) is 1.86. The van der Waals surface area contributed by atoms with E-state index in [1.807, 2.05) is 0 Å². The molecule has 0 aromatic carbocycles. The predicted octanol–water partition coefficient (Wildman–Crippen LogP) is 3.27. The van der Waals surface area contributed by atoms with Crippen LogP contribution in [0, 0.1) is 0 Å². The topological polar surface area (TPSA) is 0 Å². The fourth-order valence-electron chi connectivity index (χ4n) is 0.240. The molecule has 0 N–H and O–H groups in total. The average molecular weight is 232 g/mol. The van der Waals surface area contributed by atoms with E-state index in [1.54, 1.807) is 0 Å². The highest BCUT2D eigenvalue weighted by Crippen LogP contribution is 2.34. The summed E-state index contributed by atoms with van der Waals surface area (Å²) in [5.41, 5.74) is -2.35. The van der Waals surface area contributed by atoms with Gasteiger partial charge in [-0.15, -0.1) is 23.2 Å². The van der Waals surface area contributed by atoms with Crippen LogP contribution in [0.1, 0.15) is 0 Å². The first kappa shape index (κ1) is 11.0. The lowest BCUT2D eigenvalue weighted by atomic mass is 10.3. The maximum absolute atomic E-state index is 12.6. The van der Waals surface area contributed by atoms with Crippen molar-refractivity contribution in [1.29, 1.82) is 0 Å². The molecule has 0 aliphatic rings. The number of hydrogen-bond donors (Lipinski definition) is 0. The lowest BCUT2D eigenvalue weighted by molar-refractivity contribution is 0.185. The Morgan fingerprint density at radius 1 is 1.40 bits per heavy atom. The van der Waals surface area contributed by atoms with Crippen molar-refractivity contribution >= 4 is 46.4 Å². The minimum atomic E-state index is -2.79. The lowest BCUT2D eigenvalue weighted by Gasteiger charge is -2.21. The molecule has 0 nitrogen and oxygen atoms in total. The van der Waals surface area contributed by atoms with E-state index in [0.717, 1.165) is 0 Å². The van der Waals surface area contributed by atoms with Crippen molar-refractivity contribution < 1.29 is 8.78 Å². The van der Waals surface area contributed by atoms with Crippen LogP contribution >= 0.6 is 46.4 Å². The van der Waals surface area contributed by atoms with Crippen LogP contribution in [0.25, 0.3) is 0 Å². The Kier molecular flexibility index (Phi) is 4.57. The van der Waals surface area contributed by atoms with Gasteiger partial charge in [-0.3, -0.25) is 0 Å². The van der Waals surface area contributed by atoms with E-state index in [0.29, 0.717) is 0 Å². The first-order valence-electron chi connectivity index (χ1n) is 2.29. The smallest absolute Gasteiger partial charge is 0.225 e. The molecule has 0 aliphatic heterocycles. The van der Waals surface area contributed by atoms with Gasteiger partial charge in [0.05, 0.1) is 5.38 Å². The Morgan fingerprint density at radius 2 is 1.80 bits per heavy atom. The summed E-state index contributed by atoms with van der Waals surface area (Å²) in [4.78, 5) is 0. The van der Waals surface area contributed by atoms with Crippen molar-refractivity contribution in [2.75, 3.05) is 5.88 Å². The summed E-state index contributed by atoms with van der Waals surface area (Å²) in [7, 11) is 0. The summed E-state index contributed by atoms with van der Waals surface area (Å²) >= 11 is 19.9. The second-order valence-electron chi connectivity index (χ2n) is 1.60. The van der Waals surface area contributed by atoms with Gasteiger partial charge < -0.3 is 0 Å². The molecule has 0 rings (SSSR count). The summed E-state index contributed by atoms with van der Waals surface area (Å²) < 4.78 is 24.7. The highest BCUT2D eigenvalue weighted by Gasteiger charge is 2.43. The van der Waals surface area contributed by atoms with Crippen LogP contribution in [-0.2, 0) is 0 Å². The summed E-state index contributed by atoms with van der Waals surface area (Å²) in [5, 5.41) is -4.12. The molecular formula is C4H4Cl4F2. The van der Waals surface area contributed by atoms with E-state index in [9.17, 15) is 8.78 Å². The van der Waals surface area contributed by atoms with Crippen LogP contribution in [-0.4, -0.2) is 22.0 Å². The Morgan fingerprint density at radius 3 is 1.90 bits per heavy atom. The van der Waals surface area contributed by atoms with E-state index >= 15 is 0 Å². The molecule has 0 fully saturated rings. The third kappa shape index (κ3) is 2.57. The third-order valence-corrected chi connectivity index (χ3v) is 2.78. The van der Waals surface area contributed by atoms with Crippen molar-refractivity contribution in [3.05, 3.63) is 0 Å². The van der Waals surface area contributed by atoms with Crippen molar-refractivity contribution in [1.82, 2.24) is 0 Å². The van der Waals surface area contributed by atoms with Gasteiger partial charge in [-0.1, -0.05) is 23.2 Å². The van der Waals surface area contributed by atoms with E-state index in [-0.39, 0.29) is 5.88 Å². The van der Waals surface area contributed by atoms with Crippen molar-refractivity contribution in [3.63, 3.8) is 0 Å². The van der Waals surface area contributed by atoms with Crippen molar-refractivity contribution in [2.45, 2.75) is 16.1 Å². The maximum atomic E-state index is 12.6. The fraction of sp³-hybridized carbons (Fsp3) is 1.00. The fourth-order valence-corrected chi connectivity index (χ4v) is 0.947. The van der Waals surface area contributed by atoms with E-state index in [4.69, 9.17) is 46.4 Å². The molecular weight excluding hydrogens is 228 g/mol. The minimum absolute atomic E-state index is 0.297. The van der Waals surface area contributed by atoms with Gasteiger partial charge in [-0.25, -0.2) is 8.78 Å². The molecule has 0 saturated heterocycles. The lowest BCUT2D eigenvalue weighted by Crippen LogP contribution is -2.36. The second kappa shape index (κ2) is 4.15. The van der Waals surface area contributed by atoms with Crippen LogP contribution in [0.2, 0.25) is 0 Å². The van der Waals surface area contributed by atoms with Crippen LogP contribution in [0.5, 0.6) is 0 Å². The number of alkyl halides is 6. The largest absolute Gasteiger partial charge is 0.245 e. The summed E-state index contributed by atoms with van der Waals surface area (Å²) in [6.07, 6.45) is 0. The molecule has 0 spiro atoms. The van der Waals surface area contributed by atoms with Crippen LogP contribution < -0.4 is 0 Å². The van der Waals surface area contributed by atoms with E-state index in [1.165, 1.54) is 0 Å². The molecule has 0 heterocycles. The standard InChI is InChI=1S/C4H4Cl4F2/c5-1-2(6)4(8,10)3(7)9/h2-3H,1H2. The minimum Gasteiger partial charge on any atom is -0.225 e. The second-order valence-corrected chi connectivity index (χ2v) is 3.39. The maximum Gasteiger partial charge on any atom is 0.245 e. The molecule has 0 aliphatic carbocycles. The van der Waals surface area contributed by atoms with Gasteiger partial charge in [0.2, 0.25) is 10.8 Å². The first-order chi connectivity index (χ1) is 4.42. The van der Waals surface area contributed by atoms with Gasteiger partial charge >= 0.3 is 0 Å². The Balaban J connectivity index is 4.09. The highest BCUT2D eigenvalue weighted by molar-refractivity contribution is 6.38. The number of rotatable bonds is 3. The molecule has 0 amide bonds. The van der Waals surface area contributed by atoms with Crippen LogP contribution in [0.4, 0.5) is 8.78 Å². The molecule has 10 heavy (non-hydrogen) atoms. The van der Waals surface area contributed by atoms with Gasteiger partial charge in [0.1, 0.15) is 0 Å². The summed E-state index contributed by atoms with van der Waals surface area (Å²) in [6, 6.07) is 0. The van der Waals surface area contributed by atoms with Gasteiger partial charge in [0, 0.05) is 5.88 Å². The van der Waals surface area contributed by atoms with E-state index in [2.05, 4.69) is 0 Å². The molecule has 0 aromatic heterocycles.